The summed E-state index contributed by atoms with van der Waals surface area (Å²) < 4.78 is 0. The normalized spacial score (nSPS) is 14.5. The molecule has 0 rings (SSSR count). The number of rotatable bonds is 13. The molecule has 0 fully saturated rings. The van der Waals surface area contributed by atoms with Gasteiger partial charge in [-0.3, -0.25) is 0 Å². The average molecular weight is 307 g/mol. The van der Waals surface area contributed by atoms with Crippen molar-refractivity contribution in [3.05, 3.63) is 36.5 Å². The van der Waals surface area contributed by atoms with E-state index in [-0.39, 0.29) is 6.10 Å². The van der Waals surface area contributed by atoms with Gasteiger partial charge in [-0.1, -0.05) is 76.5 Å². The molecule has 1 heteroatoms. The fraction of sp³-hybridized carbons (Fsp3) is 0.714. The van der Waals surface area contributed by atoms with Crippen LogP contribution >= 0.6 is 0 Å². The van der Waals surface area contributed by atoms with Crippen LogP contribution in [0.2, 0.25) is 0 Å². The van der Waals surface area contributed by atoms with Gasteiger partial charge in [0.25, 0.3) is 0 Å². The summed E-state index contributed by atoms with van der Waals surface area (Å²) >= 11 is 0. The second kappa shape index (κ2) is 12.7. The van der Waals surface area contributed by atoms with Gasteiger partial charge in [0.05, 0.1) is 6.10 Å². The van der Waals surface area contributed by atoms with E-state index in [1.54, 1.807) is 6.08 Å². The third-order valence-corrected chi connectivity index (χ3v) is 4.52. The molecule has 0 bridgehead atoms. The van der Waals surface area contributed by atoms with E-state index in [4.69, 9.17) is 0 Å². The third-order valence-electron chi connectivity index (χ3n) is 4.52. The summed E-state index contributed by atoms with van der Waals surface area (Å²) in [6.45, 7) is 12.8. The zero-order valence-corrected chi connectivity index (χ0v) is 15.4. The van der Waals surface area contributed by atoms with Crippen LogP contribution in [0.4, 0.5) is 0 Å². The zero-order valence-electron chi connectivity index (χ0n) is 15.4. The summed E-state index contributed by atoms with van der Waals surface area (Å²) in [6, 6.07) is 0. The summed E-state index contributed by atoms with van der Waals surface area (Å²) in [5.41, 5.74) is 1.80. The Balaban J connectivity index is 4.02. The molecular weight excluding hydrogens is 268 g/mol. The van der Waals surface area contributed by atoms with E-state index in [0.717, 1.165) is 25.7 Å². The van der Waals surface area contributed by atoms with Crippen LogP contribution < -0.4 is 0 Å². The molecule has 0 spiro atoms. The van der Waals surface area contributed by atoms with Gasteiger partial charge in [0, 0.05) is 0 Å². The fourth-order valence-electron chi connectivity index (χ4n) is 3.27. The molecule has 0 saturated heterocycles. The van der Waals surface area contributed by atoms with E-state index >= 15 is 0 Å². The predicted molar refractivity (Wildman–Crippen MR) is 100 cm³/mol. The minimum atomic E-state index is -0.153. The molecule has 0 aromatic heterocycles. The maximum absolute atomic E-state index is 10.2. The lowest BCUT2D eigenvalue weighted by atomic mass is 9.77. The van der Waals surface area contributed by atoms with E-state index in [1.807, 2.05) is 12.2 Å². The van der Waals surface area contributed by atoms with Crippen molar-refractivity contribution in [1.82, 2.24) is 0 Å². The van der Waals surface area contributed by atoms with Gasteiger partial charge in [0.2, 0.25) is 0 Å². The third kappa shape index (κ3) is 10.8. The van der Waals surface area contributed by atoms with Crippen molar-refractivity contribution in [3.8, 4) is 0 Å². The minimum Gasteiger partial charge on any atom is -0.393 e. The van der Waals surface area contributed by atoms with Crippen LogP contribution in [0.5, 0.6) is 0 Å². The highest BCUT2D eigenvalue weighted by Crippen LogP contribution is 2.35. The largest absolute Gasteiger partial charge is 0.393 e. The standard InChI is InChI=1S/C21H38O/c1-6-9-10-12-19(4)14-15-20(22)13-11-18-21(5,16-7-2)17-8-3/h6,9-10,12,20,22H,1,7-8,11,13-18H2,2-5H3. The minimum absolute atomic E-state index is 0.153. The Kier molecular flexibility index (Phi) is 12.2. The van der Waals surface area contributed by atoms with Gasteiger partial charge in [-0.2, -0.15) is 0 Å². The van der Waals surface area contributed by atoms with Gasteiger partial charge in [-0.05, 0) is 50.9 Å². The van der Waals surface area contributed by atoms with Crippen molar-refractivity contribution in [1.29, 1.82) is 0 Å². The van der Waals surface area contributed by atoms with E-state index in [0.29, 0.717) is 5.41 Å². The average Bonchev–Trinajstić information content (AvgIpc) is 2.46. The smallest absolute Gasteiger partial charge is 0.0543 e. The van der Waals surface area contributed by atoms with Gasteiger partial charge in [-0.15, -0.1) is 0 Å². The monoisotopic (exact) mass is 306 g/mol. The van der Waals surface area contributed by atoms with Crippen LogP contribution in [-0.2, 0) is 0 Å². The fourth-order valence-corrected chi connectivity index (χ4v) is 3.27. The molecule has 1 unspecified atom stereocenters. The predicted octanol–water partition coefficient (Wildman–Crippen LogP) is 6.59. The van der Waals surface area contributed by atoms with E-state index in [9.17, 15) is 5.11 Å². The van der Waals surface area contributed by atoms with Crippen molar-refractivity contribution in [2.75, 3.05) is 0 Å². The molecule has 0 aromatic carbocycles. The van der Waals surface area contributed by atoms with E-state index in [1.165, 1.54) is 37.7 Å². The highest BCUT2D eigenvalue weighted by Gasteiger charge is 2.21. The van der Waals surface area contributed by atoms with Crippen molar-refractivity contribution in [2.45, 2.75) is 91.6 Å². The quantitative estimate of drug-likeness (QED) is 0.380. The molecule has 0 aliphatic rings. The molecule has 0 amide bonds. The Morgan fingerprint density at radius 1 is 1.09 bits per heavy atom. The van der Waals surface area contributed by atoms with Crippen LogP contribution in [-0.4, -0.2) is 11.2 Å². The van der Waals surface area contributed by atoms with Crippen LogP contribution in [0.15, 0.2) is 36.5 Å². The first-order valence-corrected chi connectivity index (χ1v) is 9.10. The van der Waals surface area contributed by atoms with Gasteiger partial charge < -0.3 is 5.11 Å². The Hall–Kier alpha value is -0.820. The molecule has 0 aliphatic heterocycles. The lowest BCUT2D eigenvalue weighted by molar-refractivity contribution is 0.140. The molecule has 1 nitrogen and oxygen atoms in total. The Morgan fingerprint density at radius 3 is 2.27 bits per heavy atom. The van der Waals surface area contributed by atoms with Crippen molar-refractivity contribution in [3.63, 3.8) is 0 Å². The molecule has 0 radical (unpaired) electrons. The first kappa shape index (κ1) is 21.2. The summed E-state index contributed by atoms with van der Waals surface area (Å²) in [6.07, 6.45) is 18.0. The van der Waals surface area contributed by atoms with Crippen LogP contribution in [0.1, 0.15) is 85.5 Å². The number of aliphatic hydroxyl groups is 1. The molecule has 1 N–H and O–H groups in total. The van der Waals surface area contributed by atoms with Crippen LogP contribution in [0, 0.1) is 5.41 Å². The maximum atomic E-state index is 10.2. The molecular formula is C21H38O. The summed E-state index contributed by atoms with van der Waals surface area (Å²) in [5.74, 6) is 0. The number of hydrogen-bond acceptors (Lipinski definition) is 1. The highest BCUT2D eigenvalue weighted by molar-refractivity contribution is 5.14. The number of aliphatic hydroxyl groups excluding tert-OH is 1. The van der Waals surface area contributed by atoms with E-state index in [2.05, 4.69) is 40.3 Å². The molecule has 128 valence electrons. The van der Waals surface area contributed by atoms with Gasteiger partial charge >= 0.3 is 0 Å². The van der Waals surface area contributed by atoms with Crippen molar-refractivity contribution >= 4 is 0 Å². The Morgan fingerprint density at radius 2 is 1.73 bits per heavy atom. The maximum Gasteiger partial charge on any atom is 0.0543 e. The van der Waals surface area contributed by atoms with Gasteiger partial charge in [0.1, 0.15) is 0 Å². The molecule has 1 atom stereocenters. The molecule has 0 heterocycles. The van der Waals surface area contributed by atoms with Gasteiger partial charge in [-0.25, -0.2) is 0 Å². The molecule has 0 aliphatic carbocycles. The summed E-state index contributed by atoms with van der Waals surface area (Å²) in [4.78, 5) is 0. The Bertz CT molecular complexity index is 332. The van der Waals surface area contributed by atoms with Crippen molar-refractivity contribution in [2.24, 2.45) is 5.41 Å². The topological polar surface area (TPSA) is 20.2 Å². The molecule has 0 saturated carbocycles. The number of allylic oxidation sites excluding steroid dienone is 5. The lowest BCUT2D eigenvalue weighted by Crippen LogP contribution is -2.17. The molecule has 22 heavy (non-hydrogen) atoms. The van der Waals surface area contributed by atoms with Crippen LogP contribution in [0.3, 0.4) is 0 Å². The summed E-state index contributed by atoms with van der Waals surface area (Å²) in [7, 11) is 0. The number of hydrogen-bond donors (Lipinski definition) is 1. The first-order chi connectivity index (χ1) is 10.5. The second-order valence-electron chi connectivity index (χ2n) is 7.03. The van der Waals surface area contributed by atoms with Crippen molar-refractivity contribution < 1.29 is 5.11 Å². The second-order valence-corrected chi connectivity index (χ2v) is 7.03. The first-order valence-electron chi connectivity index (χ1n) is 9.10. The summed E-state index contributed by atoms with van der Waals surface area (Å²) in [5, 5.41) is 10.2. The highest BCUT2D eigenvalue weighted by atomic mass is 16.3. The lowest BCUT2D eigenvalue weighted by Gasteiger charge is -2.29. The zero-order chi connectivity index (χ0) is 16.8. The molecule has 0 aromatic rings. The Labute approximate surface area is 139 Å². The van der Waals surface area contributed by atoms with Gasteiger partial charge in [0.15, 0.2) is 0 Å². The van der Waals surface area contributed by atoms with Crippen LogP contribution in [0.25, 0.3) is 0 Å². The van der Waals surface area contributed by atoms with E-state index < -0.39 is 0 Å². The SMILES string of the molecule is C=CC=CC=C(C)CCC(O)CCCC(C)(CCC)CCC.